The zero-order valence-corrected chi connectivity index (χ0v) is 9.27. The summed E-state index contributed by atoms with van der Waals surface area (Å²) in [6, 6.07) is 6.07. The molecule has 2 rings (SSSR count). The molecule has 2 aromatic rings. The molecule has 1 heterocycles. The Morgan fingerprint density at radius 3 is 2.31 bits per heavy atom. The lowest BCUT2D eigenvalue weighted by Gasteiger charge is -2.03. The van der Waals surface area contributed by atoms with Crippen LogP contribution in [0, 0.1) is 13.8 Å². The van der Waals surface area contributed by atoms with Crippen molar-refractivity contribution in [2.24, 2.45) is 0 Å². The van der Waals surface area contributed by atoms with E-state index in [1.165, 1.54) is 23.5 Å². The molecule has 0 spiro atoms. The number of carbonyl (C=O) groups excluding carboxylic acids is 1. The van der Waals surface area contributed by atoms with Gasteiger partial charge in [-0.2, -0.15) is 0 Å². The van der Waals surface area contributed by atoms with Gasteiger partial charge in [-0.05, 0) is 31.0 Å². The molecule has 3 nitrogen and oxygen atoms in total. The molecule has 16 heavy (non-hydrogen) atoms. The van der Waals surface area contributed by atoms with E-state index in [0.29, 0.717) is 11.4 Å². The predicted molar refractivity (Wildman–Crippen MR) is 62.3 cm³/mol. The molecule has 0 N–H and O–H groups in total. The summed E-state index contributed by atoms with van der Waals surface area (Å²) < 4.78 is 0. The van der Waals surface area contributed by atoms with Crippen molar-refractivity contribution >= 4 is 6.29 Å². The fourth-order valence-corrected chi connectivity index (χ4v) is 1.43. The van der Waals surface area contributed by atoms with E-state index in [4.69, 9.17) is 0 Å². The van der Waals surface area contributed by atoms with E-state index in [9.17, 15) is 4.79 Å². The van der Waals surface area contributed by atoms with Crippen LogP contribution in [0.5, 0.6) is 0 Å². The van der Waals surface area contributed by atoms with E-state index < -0.39 is 0 Å². The summed E-state index contributed by atoms with van der Waals surface area (Å²) >= 11 is 0. The number of rotatable bonds is 2. The van der Waals surface area contributed by atoms with Gasteiger partial charge in [-0.25, -0.2) is 9.97 Å². The van der Waals surface area contributed by atoms with Gasteiger partial charge in [-0.1, -0.05) is 12.1 Å². The standard InChI is InChI=1S/C13H12N2O/c1-9-3-4-12(5-10(9)2)13-14-6-11(8-16)7-15-13/h3-8H,1-2H3. The molecule has 80 valence electrons. The summed E-state index contributed by atoms with van der Waals surface area (Å²) in [6.07, 6.45) is 3.80. The fraction of sp³-hybridized carbons (Fsp3) is 0.154. The molecule has 3 heteroatoms. The highest BCUT2D eigenvalue weighted by Gasteiger charge is 2.02. The Bertz CT molecular complexity index is 518. The third-order valence-corrected chi connectivity index (χ3v) is 2.57. The Kier molecular flexibility index (Phi) is 2.77. The number of aldehydes is 1. The second-order valence-electron chi connectivity index (χ2n) is 3.76. The van der Waals surface area contributed by atoms with Crippen molar-refractivity contribution in [3.63, 3.8) is 0 Å². The summed E-state index contributed by atoms with van der Waals surface area (Å²) in [5.41, 5.74) is 3.92. The first-order chi connectivity index (χ1) is 7.70. The molecule has 0 aliphatic rings. The van der Waals surface area contributed by atoms with Crippen LogP contribution in [-0.4, -0.2) is 16.3 Å². The van der Waals surface area contributed by atoms with E-state index in [-0.39, 0.29) is 0 Å². The van der Waals surface area contributed by atoms with Gasteiger partial charge in [-0.3, -0.25) is 4.79 Å². The average Bonchev–Trinajstić information content (AvgIpc) is 2.33. The highest BCUT2D eigenvalue weighted by Crippen LogP contribution is 2.18. The Morgan fingerprint density at radius 1 is 1.06 bits per heavy atom. The van der Waals surface area contributed by atoms with Crippen molar-refractivity contribution in [1.29, 1.82) is 0 Å². The highest BCUT2D eigenvalue weighted by atomic mass is 16.1. The maximum absolute atomic E-state index is 10.5. The summed E-state index contributed by atoms with van der Waals surface area (Å²) in [4.78, 5) is 18.8. The van der Waals surface area contributed by atoms with Crippen molar-refractivity contribution < 1.29 is 4.79 Å². The van der Waals surface area contributed by atoms with Gasteiger partial charge in [0.1, 0.15) is 0 Å². The zero-order chi connectivity index (χ0) is 11.5. The van der Waals surface area contributed by atoms with Gasteiger partial charge < -0.3 is 0 Å². The van der Waals surface area contributed by atoms with Crippen LogP contribution in [0.3, 0.4) is 0 Å². The second-order valence-corrected chi connectivity index (χ2v) is 3.76. The lowest BCUT2D eigenvalue weighted by molar-refractivity contribution is 0.112. The van der Waals surface area contributed by atoms with Gasteiger partial charge in [0.2, 0.25) is 0 Å². The Morgan fingerprint density at radius 2 is 1.75 bits per heavy atom. The molecule has 0 atom stereocenters. The third-order valence-electron chi connectivity index (χ3n) is 2.57. The first-order valence-electron chi connectivity index (χ1n) is 5.05. The smallest absolute Gasteiger partial charge is 0.159 e. The molecule has 0 fully saturated rings. The van der Waals surface area contributed by atoms with Gasteiger partial charge in [0.05, 0.1) is 5.56 Å². The maximum Gasteiger partial charge on any atom is 0.159 e. The number of hydrogen-bond donors (Lipinski definition) is 0. The molecule has 0 amide bonds. The SMILES string of the molecule is Cc1ccc(-c2ncc(C=O)cn2)cc1C. The van der Waals surface area contributed by atoms with E-state index >= 15 is 0 Å². The molecule has 0 bridgehead atoms. The van der Waals surface area contributed by atoms with E-state index in [1.807, 2.05) is 18.2 Å². The largest absolute Gasteiger partial charge is 0.298 e. The molecule has 0 aliphatic heterocycles. The minimum absolute atomic E-state index is 0.493. The van der Waals surface area contributed by atoms with Crippen LogP contribution in [-0.2, 0) is 0 Å². The molecule has 1 aromatic heterocycles. The van der Waals surface area contributed by atoms with Crippen molar-refractivity contribution in [3.8, 4) is 11.4 Å². The first-order valence-corrected chi connectivity index (χ1v) is 5.05. The van der Waals surface area contributed by atoms with Crippen LogP contribution < -0.4 is 0 Å². The summed E-state index contributed by atoms with van der Waals surface area (Å²) in [5, 5.41) is 0. The summed E-state index contributed by atoms with van der Waals surface area (Å²) in [5.74, 6) is 0.647. The molecule has 0 unspecified atom stereocenters. The van der Waals surface area contributed by atoms with Gasteiger partial charge in [-0.15, -0.1) is 0 Å². The van der Waals surface area contributed by atoms with Gasteiger partial charge in [0, 0.05) is 18.0 Å². The van der Waals surface area contributed by atoms with E-state index in [0.717, 1.165) is 11.8 Å². The molecule has 0 aliphatic carbocycles. The van der Waals surface area contributed by atoms with Crippen LogP contribution >= 0.6 is 0 Å². The van der Waals surface area contributed by atoms with Gasteiger partial charge >= 0.3 is 0 Å². The van der Waals surface area contributed by atoms with Crippen LogP contribution in [0.2, 0.25) is 0 Å². The minimum atomic E-state index is 0.493. The minimum Gasteiger partial charge on any atom is -0.298 e. The Balaban J connectivity index is 2.42. The topological polar surface area (TPSA) is 42.9 Å². The lowest BCUT2D eigenvalue weighted by atomic mass is 10.1. The third kappa shape index (κ3) is 1.98. The van der Waals surface area contributed by atoms with Crippen molar-refractivity contribution in [3.05, 3.63) is 47.3 Å². The lowest BCUT2D eigenvalue weighted by Crippen LogP contribution is -1.92. The van der Waals surface area contributed by atoms with Crippen molar-refractivity contribution in [1.82, 2.24) is 9.97 Å². The Labute approximate surface area is 94.2 Å². The monoisotopic (exact) mass is 212 g/mol. The van der Waals surface area contributed by atoms with Crippen LogP contribution in [0.15, 0.2) is 30.6 Å². The predicted octanol–water partition coefficient (Wildman–Crippen LogP) is 2.57. The van der Waals surface area contributed by atoms with Crippen LogP contribution in [0.4, 0.5) is 0 Å². The number of hydrogen-bond acceptors (Lipinski definition) is 3. The molecular weight excluding hydrogens is 200 g/mol. The molecule has 0 radical (unpaired) electrons. The molecule has 1 aromatic carbocycles. The first kappa shape index (κ1) is 10.5. The number of aryl methyl sites for hydroxylation is 2. The van der Waals surface area contributed by atoms with Gasteiger partial charge in [0.15, 0.2) is 12.1 Å². The van der Waals surface area contributed by atoms with E-state index in [2.05, 4.69) is 23.8 Å². The van der Waals surface area contributed by atoms with Crippen molar-refractivity contribution in [2.45, 2.75) is 13.8 Å². The fourth-order valence-electron chi connectivity index (χ4n) is 1.43. The van der Waals surface area contributed by atoms with Gasteiger partial charge in [0.25, 0.3) is 0 Å². The Hall–Kier alpha value is -2.03. The molecule has 0 saturated carbocycles. The quantitative estimate of drug-likeness (QED) is 0.718. The number of carbonyl (C=O) groups is 1. The number of benzene rings is 1. The van der Waals surface area contributed by atoms with E-state index in [1.54, 1.807) is 0 Å². The average molecular weight is 212 g/mol. The number of aromatic nitrogens is 2. The number of nitrogens with zero attached hydrogens (tertiary/aromatic N) is 2. The van der Waals surface area contributed by atoms with Crippen molar-refractivity contribution in [2.75, 3.05) is 0 Å². The zero-order valence-electron chi connectivity index (χ0n) is 9.27. The van der Waals surface area contributed by atoms with Crippen LogP contribution in [0.1, 0.15) is 21.5 Å². The summed E-state index contributed by atoms with van der Waals surface area (Å²) in [7, 11) is 0. The molecule has 0 saturated heterocycles. The molecular formula is C13H12N2O. The second kappa shape index (κ2) is 4.23. The summed E-state index contributed by atoms with van der Waals surface area (Å²) in [6.45, 7) is 4.12. The normalized spacial score (nSPS) is 10.1. The maximum atomic E-state index is 10.5. The van der Waals surface area contributed by atoms with Crippen LogP contribution in [0.25, 0.3) is 11.4 Å². The highest BCUT2D eigenvalue weighted by molar-refractivity contribution is 5.73.